The number of rotatable bonds is 0. The molecule has 0 aliphatic rings. The highest BCUT2D eigenvalue weighted by Crippen LogP contribution is 2.04. The highest BCUT2D eigenvalue weighted by molar-refractivity contribution is 5.65. The first-order chi connectivity index (χ1) is 4.42. The highest BCUT2D eigenvalue weighted by Gasteiger charge is 2.12. The maximum absolute atomic E-state index is 10.0. The normalized spacial score (nSPS) is 9.10. The molecule has 0 atom stereocenters. The molecule has 0 aliphatic carbocycles. The molecule has 0 unspecified atom stereocenters. The largest absolute Gasteiger partial charge is 0.444 e. The van der Waals surface area contributed by atoms with Gasteiger partial charge in [-0.05, 0) is 20.8 Å². The van der Waals surface area contributed by atoms with Crippen LogP contribution in [-0.4, -0.2) is 11.7 Å². The van der Waals surface area contributed by atoms with Crippen LogP contribution in [0.25, 0.3) is 0 Å². The van der Waals surface area contributed by atoms with Gasteiger partial charge in [0.05, 0.1) is 0 Å². The summed E-state index contributed by atoms with van der Waals surface area (Å²) in [6, 6.07) is 0. The maximum Gasteiger partial charge on any atom is 0.405 e. The Morgan fingerprint density at radius 3 is 1.70 bits per heavy atom. The van der Waals surface area contributed by atoms with Gasteiger partial charge in [-0.25, -0.2) is 4.79 Å². The molecule has 0 saturated heterocycles. The number of hydrogen-bond donors (Lipinski definition) is 1. The third-order valence-corrected chi connectivity index (χ3v) is 0.407. The van der Waals surface area contributed by atoms with E-state index >= 15 is 0 Å². The summed E-state index contributed by atoms with van der Waals surface area (Å²) in [5, 5.41) is 0. The van der Waals surface area contributed by atoms with Crippen LogP contribution in [-0.2, 0) is 4.74 Å². The van der Waals surface area contributed by atoms with Crippen molar-refractivity contribution < 1.29 is 9.53 Å². The van der Waals surface area contributed by atoms with Crippen molar-refractivity contribution in [2.24, 2.45) is 5.73 Å². The minimum atomic E-state index is -0.725. The number of primary amides is 1. The maximum atomic E-state index is 10.0. The summed E-state index contributed by atoms with van der Waals surface area (Å²) in [5.41, 5.74) is 4.26. The molecule has 0 heterocycles. The lowest BCUT2D eigenvalue weighted by atomic mass is 10.2. The van der Waals surface area contributed by atoms with Gasteiger partial charge in [0.2, 0.25) is 0 Å². The minimum Gasteiger partial charge on any atom is -0.444 e. The molecule has 3 nitrogen and oxygen atoms in total. The summed E-state index contributed by atoms with van der Waals surface area (Å²) in [4.78, 5) is 10.0. The molecule has 10 heavy (non-hydrogen) atoms. The van der Waals surface area contributed by atoms with Gasteiger partial charge in [-0.2, -0.15) is 0 Å². The average molecular weight is 145 g/mol. The molecule has 0 spiro atoms. The van der Waals surface area contributed by atoms with E-state index in [-0.39, 0.29) is 0 Å². The first kappa shape index (κ1) is 11.8. The first-order valence-electron chi connectivity index (χ1n) is 2.90. The van der Waals surface area contributed by atoms with Gasteiger partial charge in [0, 0.05) is 0 Å². The van der Waals surface area contributed by atoms with Crippen molar-refractivity contribution in [3.8, 4) is 0 Å². The molecule has 0 radical (unpaired) electrons. The quantitative estimate of drug-likeness (QED) is 0.527. The molecule has 1 amide bonds. The number of hydrogen-bond acceptors (Lipinski definition) is 2. The molecule has 0 saturated carbocycles. The molecule has 0 aromatic heterocycles. The first-order valence-corrected chi connectivity index (χ1v) is 2.90. The minimum absolute atomic E-state index is 0.453. The fourth-order valence-corrected chi connectivity index (χ4v) is 0.302. The standard InChI is InChI=1S/C5H11NO2.C2H4/c1-5(2,3)8-4(6)7;1-2/h1-3H3,(H2,6,7);1-2H2. The van der Waals surface area contributed by atoms with Gasteiger partial charge in [0.1, 0.15) is 5.60 Å². The Morgan fingerprint density at radius 2 is 1.70 bits per heavy atom. The Bertz CT molecular complexity index is 105. The van der Waals surface area contributed by atoms with Gasteiger partial charge < -0.3 is 10.5 Å². The van der Waals surface area contributed by atoms with Crippen LogP contribution in [0.2, 0.25) is 0 Å². The third kappa shape index (κ3) is 15.7. The Hall–Kier alpha value is -0.990. The third-order valence-electron chi connectivity index (χ3n) is 0.407. The van der Waals surface area contributed by atoms with Crippen molar-refractivity contribution in [3.63, 3.8) is 0 Å². The molecule has 2 N–H and O–H groups in total. The van der Waals surface area contributed by atoms with E-state index in [0.29, 0.717) is 0 Å². The number of nitrogens with two attached hydrogens (primary N) is 1. The van der Waals surface area contributed by atoms with E-state index in [2.05, 4.69) is 17.9 Å². The van der Waals surface area contributed by atoms with Gasteiger partial charge >= 0.3 is 6.09 Å². The van der Waals surface area contributed by atoms with Crippen molar-refractivity contribution >= 4 is 6.09 Å². The zero-order valence-corrected chi connectivity index (χ0v) is 6.81. The lowest BCUT2D eigenvalue weighted by Crippen LogP contribution is -2.27. The second kappa shape index (κ2) is 4.85. The second-order valence-corrected chi connectivity index (χ2v) is 2.53. The molecule has 0 fully saturated rings. The van der Waals surface area contributed by atoms with Crippen molar-refractivity contribution in [1.29, 1.82) is 0 Å². The van der Waals surface area contributed by atoms with E-state index in [1.54, 1.807) is 20.8 Å². The van der Waals surface area contributed by atoms with Crippen molar-refractivity contribution in [2.45, 2.75) is 26.4 Å². The fraction of sp³-hybridized carbons (Fsp3) is 0.571. The zero-order chi connectivity index (χ0) is 8.78. The molecular formula is C7H15NO2. The van der Waals surface area contributed by atoms with Crippen molar-refractivity contribution in [3.05, 3.63) is 13.2 Å². The monoisotopic (exact) mass is 145 g/mol. The zero-order valence-electron chi connectivity index (χ0n) is 6.81. The summed E-state index contributed by atoms with van der Waals surface area (Å²) in [6.45, 7) is 11.3. The van der Waals surface area contributed by atoms with Crippen LogP contribution < -0.4 is 5.73 Å². The van der Waals surface area contributed by atoms with Crippen LogP contribution in [0, 0.1) is 0 Å². The van der Waals surface area contributed by atoms with Gasteiger partial charge in [0.25, 0.3) is 0 Å². The average Bonchev–Trinajstić information content (AvgIpc) is 1.64. The van der Waals surface area contributed by atoms with Crippen LogP contribution in [0.3, 0.4) is 0 Å². The molecular weight excluding hydrogens is 130 g/mol. The smallest absolute Gasteiger partial charge is 0.405 e. The Kier molecular flexibility index (Phi) is 5.70. The number of carbonyl (C=O) groups excluding carboxylic acids is 1. The van der Waals surface area contributed by atoms with Crippen LogP contribution in [0.4, 0.5) is 4.79 Å². The molecule has 0 aliphatic heterocycles. The Morgan fingerprint density at radius 1 is 1.40 bits per heavy atom. The van der Waals surface area contributed by atoms with E-state index in [4.69, 9.17) is 5.73 Å². The lowest BCUT2D eigenvalue weighted by Gasteiger charge is -2.16. The Balaban J connectivity index is 0. The highest BCUT2D eigenvalue weighted by atomic mass is 16.6. The van der Waals surface area contributed by atoms with Gasteiger partial charge in [-0.15, -0.1) is 13.2 Å². The van der Waals surface area contributed by atoms with Crippen LogP contribution in [0.5, 0.6) is 0 Å². The van der Waals surface area contributed by atoms with Crippen molar-refractivity contribution in [1.82, 2.24) is 0 Å². The fourth-order valence-electron chi connectivity index (χ4n) is 0.302. The van der Waals surface area contributed by atoms with Crippen LogP contribution >= 0.6 is 0 Å². The number of carbonyl (C=O) groups is 1. The van der Waals surface area contributed by atoms with Crippen LogP contribution in [0.1, 0.15) is 20.8 Å². The summed E-state index contributed by atoms with van der Waals surface area (Å²) >= 11 is 0. The molecule has 0 bridgehead atoms. The Labute approximate surface area is 61.9 Å². The predicted molar refractivity (Wildman–Crippen MR) is 41.7 cm³/mol. The summed E-state index contributed by atoms with van der Waals surface area (Å²) in [7, 11) is 0. The predicted octanol–water partition coefficient (Wildman–Crippen LogP) is 1.68. The molecule has 0 rings (SSSR count). The van der Waals surface area contributed by atoms with E-state index in [1.807, 2.05) is 0 Å². The van der Waals surface area contributed by atoms with Crippen molar-refractivity contribution in [2.75, 3.05) is 0 Å². The summed E-state index contributed by atoms with van der Waals surface area (Å²) in [6.07, 6.45) is -0.725. The summed E-state index contributed by atoms with van der Waals surface area (Å²) in [5.74, 6) is 0. The second-order valence-electron chi connectivity index (χ2n) is 2.53. The molecule has 0 aromatic carbocycles. The lowest BCUT2D eigenvalue weighted by molar-refractivity contribution is 0.0600. The summed E-state index contributed by atoms with van der Waals surface area (Å²) < 4.78 is 4.58. The van der Waals surface area contributed by atoms with E-state index in [0.717, 1.165) is 0 Å². The molecule has 3 heteroatoms. The topological polar surface area (TPSA) is 52.3 Å². The van der Waals surface area contributed by atoms with Crippen LogP contribution in [0.15, 0.2) is 13.2 Å². The molecule has 60 valence electrons. The van der Waals surface area contributed by atoms with E-state index in [1.165, 1.54) is 0 Å². The van der Waals surface area contributed by atoms with Gasteiger partial charge in [-0.1, -0.05) is 0 Å². The SMILES string of the molecule is C=C.CC(C)(C)OC(N)=O. The number of ether oxygens (including phenoxy) is 1. The van der Waals surface area contributed by atoms with E-state index in [9.17, 15) is 4.79 Å². The van der Waals surface area contributed by atoms with Gasteiger partial charge in [-0.3, -0.25) is 0 Å². The van der Waals surface area contributed by atoms with Gasteiger partial charge in [0.15, 0.2) is 0 Å². The number of amides is 1. The van der Waals surface area contributed by atoms with E-state index < -0.39 is 11.7 Å². The molecule has 0 aromatic rings.